The van der Waals surface area contributed by atoms with Crippen LogP contribution in [0.3, 0.4) is 0 Å². The number of ether oxygens (including phenoxy) is 8. The standard InChI is InChI=1S/C48H57N4O16/c1-29-24-52(46(60)50-44(29)59)39-25-51(22-23-63-45-41(49-30(2)54)43(66-32(4)56)42(65-31(3)55)38(67-45)20-21-40(57)58)26-47(27-53,68-39)28-64-48(33-10-8-7-9-11-33,34-12-16-36(61-5)17-13-34)35-14-18-37(62-6)19-15-35/h7-20,24,38-39,41-43,45,53H,21-23,25-28H2,1-6H3,(H,49,54)(H,57,58)(H,50,59,60)/t38-,39-,41-,42-,43-,45-,47-/m1/s1. The number of aromatic nitrogens is 2. The largest absolute Gasteiger partial charge is 0.497 e. The van der Waals surface area contributed by atoms with Gasteiger partial charge in [0.05, 0.1) is 40.5 Å². The first kappa shape index (κ1) is 51.0. The van der Waals surface area contributed by atoms with E-state index in [9.17, 15) is 39.0 Å². The molecule has 2 saturated heterocycles. The Morgan fingerprint density at radius 1 is 0.882 bits per heavy atom. The van der Waals surface area contributed by atoms with Gasteiger partial charge in [0.25, 0.3) is 5.56 Å². The van der Waals surface area contributed by atoms with Gasteiger partial charge < -0.3 is 53.4 Å². The van der Waals surface area contributed by atoms with Gasteiger partial charge in [0.15, 0.2) is 24.7 Å². The van der Waals surface area contributed by atoms with Crippen molar-refractivity contribution in [2.75, 3.05) is 53.7 Å². The minimum Gasteiger partial charge on any atom is -0.497 e. The number of aliphatic hydroxyl groups excluding tert-OH is 1. The number of H-pyrrole nitrogens is 1. The quantitative estimate of drug-likeness (QED) is 0.0732. The van der Waals surface area contributed by atoms with Crippen LogP contribution in [0.4, 0.5) is 0 Å². The molecule has 1 radical (unpaired) electrons. The van der Waals surface area contributed by atoms with E-state index in [1.54, 1.807) is 14.2 Å². The van der Waals surface area contributed by atoms with Gasteiger partial charge in [-0.1, -0.05) is 54.6 Å². The van der Waals surface area contributed by atoms with Crippen LogP contribution in [0.25, 0.3) is 0 Å². The molecule has 365 valence electrons. The van der Waals surface area contributed by atoms with Gasteiger partial charge in [-0.3, -0.25) is 38.4 Å². The van der Waals surface area contributed by atoms with E-state index >= 15 is 0 Å². The first-order valence-electron chi connectivity index (χ1n) is 21.8. The molecule has 1 aromatic heterocycles. The highest BCUT2D eigenvalue weighted by Crippen LogP contribution is 2.43. The zero-order valence-corrected chi connectivity index (χ0v) is 38.6. The molecule has 3 aromatic carbocycles. The molecule has 0 spiro atoms. The van der Waals surface area contributed by atoms with E-state index in [-0.39, 0.29) is 38.4 Å². The number of hydrogen-bond acceptors (Lipinski definition) is 16. The number of nitrogens with zero attached hydrogens (tertiary/aromatic N) is 2. The predicted octanol–water partition coefficient (Wildman–Crippen LogP) is 2.22. The van der Waals surface area contributed by atoms with Crippen molar-refractivity contribution < 1.29 is 67.3 Å². The molecule has 6 rings (SSSR count). The number of carboxylic acid groups (broad SMARTS) is 1. The molecule has 1 amide bonds. The number of carbonyl (C=O) groups is 4. The van der Waals surface area contributed by atoms with Crippen molar-refractivity contribution in [3.8, 4) is 11.5 Å². The summed E-state index contributed by atoms with van der Waals surface area (Å²) in [7, 11) is 3.13. The summed E-state index contributed by atoms with van der Waals surface area (Å²) in [6.45, 7) is 4.00. The number of morpholine rings is 1. The summed E-state index contributed by atoms with van der Waals surface area (Å²) in [5.74, 6) is -2.14. The number of carbonyl (C=O) groups excluding carboxylic acids is 3. The van der Waals surface area contributed by atoms with Crippen LogP contribution in [0, 0.1) is 13.3 Å². The normalized spacial score (nSPS) is 23.0. The molecule has 4 aromatic rings. The monoisotopic (exact) mass is 945 g/mol. The Balaban J connectivity index is 1.37. The Morgan fingerprint density at radius 3 is 2.01 bits per heavy atom. The summed E-state index contributed by atoms with van der Waals surface area (Å²) in [6.07, 6.45) is -4.44. The highest BCUT2D eigenvalue weighted by atomic mass is 16.7. The van der Waals surface area contributed by atoms with Gasteiger partial charge in [0.1, 0.15) is 34.8 Å². The van der Waals surface area contributed by atoms with Crippen molar-refractivity contribution in [2.45, 2.75) is 82.2 Å². The van der Waals surface area contributed by atoms with Gasteiger partial charge in [0.2, 0.25) is 5.91 Å². The summed E-state index contributed by atoms with van der Waals surface area (Å²) >= 11 is 0. The van der Waals surface area contributed by atoms with Crippen LogP contribution in [0.2, 0.25) is 0 Å². The lowest BCUT2D eigenvalue weighted by molar-refractivity contribution is -0.268. The number of nitrogens with one attached hydrogen (secondary N) is 2. The second-order valence-electron chi connectivity index (χ2n) is 16.5. The minimum absolute atomic E-state index is 0.00317. The zero-order valence-electron chi connectivity index (χ0n) is 38.6. The van der Waals surface area contributed by atoms with Crippen LogP contribution in [0.5, 0.6) is 11.5 Å². The highest BCUT2D eigenvalue weighted by molar-refractivity contribution is 5.74. The molecule has 2 aliphatic rings. The van der Waals surface area contributed by atoms with E-state index in [1.165, 1.54) is 31.0 Å². The first-order valence-corrected chi connectivity index (χ1v) is 21.8. The fourth-order valence-corrected chi connectivity index (χ4v) is 8.45. The van der Waals surface area contributed by atoms with Gasteiger partial charge in [-0.05, 0) is 47.9 Å². The lowest BCUT2D eigenvalue weighted by atomic mass is 9.79. The smallest absolute Gasteiger partial charge is 0.330 e. The SMILES string of the molecule is COc1ccc(C(OC[C@]2(CO)CN(CCO[C@@H]3O[C@H]([CH]CC(=O)O)[C@@H](OC(C)=O)[C@H](OC(C)=O)[C@H]3NC(C)=O)C[C@H](n3cc(C)c(=O)[nH]c3=O)O2)(c2ccccc2)c2ccc(OC)cc2)cc1. The van der Waals surface area contributed by atoms with Crippen molar-refractivity contribution >= 4 is 23.8 Å². The molecule has 20 heteroatoms. The highest BCUT2D eigenvalue weighted by Gasteiger charge is 2.51. The molecule has 7 atom stereocenters. The minimum atomic E-state index is -1.57. The summed E-state index contributed by atoms with van der Waals surface area (Å²) in [4.78, 5) is 79.0. The lowest BCUT2D eigenvalue weighted by Crippen LogP contribution is -2.66. The van der Waals surface area contributed by atoms with E-state index in [2.05, 4.69) is 10.3 Å². The number of aromatic amines is 1. The molecule has 3 heterocycles. The van der Waals surface area contributed by atoms with Gasteiger partial charge >= 0.3 is 23.6 Å². The molecule has 2 aliphatic heterocycles. The van der Waals surface area contributed by atoms with Crippen LogP contribution >= 0.6 is 0 Å². The number of amides is 1. The van der Waals surface area contributed by atoms with E-state index in [0.717, 1.165) is 19.4 Å². The summed E-state index contributed by atoms with van der Waals surface area (Å²) in [5.41, 5.74) is -1.89. The van der Waals surface area contributed by atoms with Crippen molar-refractivity contribution in [3.63, 3.8) is 0 Å². The van der Waals surface area contributed by atoms with Crippen LogP contribution in [0.1, 0.15) is 55.7 Å². The molecular formula is C48H57N4O16. The Morgan fingerprint density at radius 2 is 1.47 bits per heavy atom. The fraction of sp³-hybridized carbons (Fsp3) is 0.438. The molecule has 0 unspecified atom stereocenters. The summed E-state index contributed by atoms with van der Waals surface area (Å²) in [5, 5.41) is 23.6. The van der Waals surface area contributed by atoms with Crippen LogP contribution in [0.15, 0.2) is 94.6 Å². The summed E-state index contributed by atoms with van der Waals surface area (Å²) < 4.78 is 49.7. The zero-order chi connectivity index (χ0) is 49.2. The van der Waals surface area contributed by atoms with Crippen molar-refractivity contribution in [1.82, 2.24) is 19.8 Å². The third-order valence-corrected chi connectivity index (χ3v) is 11.6. The maximum atomic E-state index is 13.5. The second kappa shape index (κ2) is 22.6. The number of benzene rings is 3. The third-order valence-electron chi connectivity index (χ3n) is 11.6. The number of esters is 2. The molecular weight excluding hydrogens is 889 g/mol. The van der Waals surface area contributed by atoms with Crippen LogP contribution < -0.4 is 26.0 Å². The van der Waals surface area contributed by atoms with Crippen molar-refractivity contribution in [3.05, 3.63) is 135 Å². The van der Waals surface area contributed by atoms with E-state index in [0.29, 0.717) is 22.6 Å². The van der Waals surface area contributed by atoms with Crippen molar-refractivity contribution in [1.29, 1.82) is 0 Å². The molecule has 0 saturated carbocycles. The maximum Gasteiger partial charge on any atom is 0.330 e. The molecule has 2 fully saturated rings. The fourth-order valence-electron chi connectivity index (χ4n) is 8.45. The van der Waals surface area contributed by atoms with Crippen LogP contribution in [-0.2, 0) is 53.2 Å². The van der Waals surface area contributed by atoms with Crippen LogP contribution in [-0.4, -0.2) is 138 Å². The number of aliphatic hydroxyl groups is 1. The Hall–Kier alpha value is -6.42. The first-order chi connectivity index (χ1) is 32.5. The maximum absolute atomic E-state index is 13.5. The molecule has 68 heavy (non-hydrogen) atoms. The van der Waals surface area contributed by atoms with Gasteiger partial charge in [-0.15, -0.1) is 0 Å². The molecule has 4 N–H and O–H groups in total. The number of hydrogen-bond donors (Lipinski definition) is 4. The second-order valence-corrected chi connectivity index (χ2v) is 16.5. The van der Waals surface area contributed by atoms with Gasteiger partial charge in [-0.25, -0.2) is 4.79 Å². The van der Waals surface area contributed by atoms with E-state index in [1.807, 2.05) is 83.8 Å². The summed E-state index contributed by atoms with van der Waals surface area (Å²) in [6, 6.07) is 23.0. The van der Waals surface area contributed by atoms with Crippen molar-refractivity contribution in [2.24, 2.45) is 0 Å². The third kappa shape index (κ3) is 12.0. The Labute approximate surface area is 392 Å². The lowest BCUT2D eigenvalue weighted by Gasteiger charge is -2.48. The molecule has 0 bridgehead atoms. The van der Waals surface area contributed by atoms with E-state index in [4.69, 9.17) is 37.9 Å². The Bertz CT molecular complexity index is 2430. The average molecular weight is 946 g/mol. The number of rotatable bonds is 20. The topological polar surface area (TPSA) is 253 Å². The molecule has 0 aliphatic carbocycles. The number of aliphatic carboxylic acids is 1. The average Bonchev–Trinajstić information content (AvgIpc) is 3.31. The number of aryl methyl sites for hydroxylation is 1. The Kier molecular flexibility index (Phi) is 16.9. The molecule has 20 nitrogen and oxygen atoms in total. The van der Waals surface area contributed by atoms with E-state index < -0.39 is 96.2 Å². The number of methoxy groups -OCH3 is 2. The van der Waals surface area contributed by atoms with Gasteiger partial charge in [0, 0.05) is 58.6 Å². The number of carboxylic acids is 1. The van der Waals surface area contributed by atoms with Gasteiger partial charge in [-0.2, -0.15) is 0 Å². The predicted molar refractivity (Wildman–Crippen MR) is 241 cm³/mol.